The standard InChI is InChI=1S/C25H23N5O/c1-29-11-13-30(14-12-29)25-26-16-21-15-22(19-5-3-2-4-6-19)23(27-24(21)28-25)20-9-7-18(17-31)8-10-20/h2-10,15-17H,11-14H2,1H3. The summed E-state index contributed by atoms with van der Waals surface area (Å²) in [5.74, 6) is 0.725. The fourth-order valence-corrected chi connectivity index (χ4v) is 3.89. The fourth-order valence-electron chi connectivity index (χ4n) is 3.89. The van der Waals surface area contributed by atoms with Crippen LogP contribution in [0.25, 0.3) is 33.4 Å². The van der Waals surface area contributed by atoms with Gasteiger partial charge >= 0.3 is 0 Å². The Kier molecular flexibility index (Phi) is 5.14. The number of pyridine rings is 1. The van der Waals surface area contributed by atoms with Crippen LogP contribution in [0.2, 0.25) is 0 Å². The highest BCUT2D eigenvalue weighted by atomic mass is 16.1. The second kappa shape index (κ2) is 8.24. The highest BCUT2D eigenvalue weighted by Gasteiger charge is 2.18. The van der Waals surface area contributed by atoms with Gasteiger partial charge < -0.3 is 9.80 Å². The minimum atomic E-state index is 0.644. The van der Waals surface area contributed by atoms with Gasteiger partial charge in [0.15, 0.2) is 5.65 Å². The van der Waals surface area contributed by atoms with Crippen molar-refractivity contribution in [1.82, 2.24) is 19.9 Å². The molecule has 0 N–H and O–H groups in total. The number of hydrogen-bond donors (Lipinski definition) is 0. The minimum Gasteiger partial charge on any atom is -0.338 e. The predicted octanol–water partition coefficient (Wildman–Crippen LogP) is 3.92. The van der Waals surface area contributed by atoms with E-state index in [4.69, 9.17) is 9.97 Å². The smallest absolute Gasteiger partial charge is 0.227 e. The number of piperazine rings is 1. The lowest BCUT2D eigenvalue weighted by Crippen LogP contribution is -2.45. The quantitative estimate of drug-likeness (QED) is 0.476. The van der Waals surface area contributed by atoms with Gasteiger partial charge in [0, 0.05) is 54.5 Å². The Morgan fingerprint density at radius 3 is 2.32 bits per heavy atom. The number of hydrogen-bond acceptors (Lipinski definition) is 6. The Morgan fingerprint density at radius 2 is 1.61 bits per heavy atom. The lowest BCUT2D eigenvalue weighted by Gasteiger charge is -2.32. The zero-order chi connectivity index (χ0) is 21.2. The van der Waals surface area contributed by atoms with Gasteiger partial charge in [0.2, 0.25) is 5.95 Å². The summed E-state index contributed by atoms with van der Waals surface area (Å²) in [7, 11) is 2.13. The van der Waals surface area contributed by atoms with Gasteiger partial charge in [-0.25, -0.2) is 9.97 Å². The van der Waals surface area contributed by atoms with Crippen molar-refractivity contribution in [3.05, 3.63) is 72.4 Å². The summed E-state index contributed by atoms with van der Waals surface area (Å²) in [6.07, 6.45) is 2.72. The molecule has 5 rings (SSSR count). The third-order valence-electron chi connectivity index (χ3n) is 5.75. The second-order valence-corrected chi connectivity index (χ2v) is 7.86. The van der Waals surface area contributed by atoms with Crippen molar-refractivity contribution in [3.8, 4) is 22.4 Å². The van der Waals surface area contributed by atoms with Crippen molar-refractivity contribution in [2.24, 2.45) is 0 Å². The highest BCUT2D eigenvalue weighted by molar-refractivity contribution is 5.90. The van der Waals surface area contributed by atoms with Crippen molar-refractivity contribution in [2.75, 3.05) is 38.1 Å². The zero-order valence-corrected chi connectivity index (χ0v) is 17.4. The number of likely N-dealkylation sites (N-methyl/N-ethyl adjacent to an activating group) is 1. The van der Waals surface area contributed by atoms with E-state index in [1.807, 2.05) is 48.7 Å². The number of aldehydes is 1. The van der Waals surface area contributed by atoms with E-state index in [1.165, 1.54) is 0 Å². The molecule has 1 saturated heterocycles. The van der Waals surface area contributed by atoms with Crippen molar-refractivity contribution in [3.63, 3.8) is 0 Å². The summed E-state index contributed by atoms with van der Waals surface area (Å²) in [5.41, 5.74) is 5.21. The summed E-state index contributed by atoms with van der Waals surface area (Å²) in [5, 5.41) is 0.907. The van der Waals surface area contributed by atoms with E-state index in [1.54, 1.807) is 0 Å². The number of carbonyl (C=O) groups excluding carboxylic acids is 1. The molecular weight excluding hydrogens is 386 g/mol. The molecule has 0 radical (unpaired) electrons. The topological polar surface area (TPSA) is 62.2 Å². The summed E-state index contributed by atoms with van der Waals surface area (Å²) in [6, 6.07) is 19.8. The van der Waals surface area contributed by atoms with Gasteiger partial charge in [0.25, 0.3) is 0 Å². The first kappa shape index (κ1) is 19.3. The Labute approximate surface area is 181 Å². The molecule has 0 aliphatic carbocycles. The van der Waals surface area contributed by atoms with E-state index in [0.29, 0.717) is 11.2 Å². The monoisotopic (exact) mass is 409 g/mol. The number of rotatable bonds is 4. The van der Waals surface area contributed by atoms with E-state index < -0.39 is 0 Å². The molecule has 3 heterocycles. The van der Waals surface area contributed by atoms with Gasteiger partial charge in [-0.15, -0.1) is 0 Å². The molecule has 1 fully saturated rings. The number of carbonyl (C=O) groups is 1. The summed E-state index contributed by atoms with van der Waals surface area (Å²) >= 11 is 0. The average molecular weight is 409 g/mol. The number of nitrogens with zero attached hydrogens (tertiary/aromatic N) is 5. The van der Waals surface area contributed by atoms with Crippen LogP contribution < -0.4 is 4.90 Å². The number of fused-ring (bicyclic) bond motifs is 1. The molecule has 2 aromatic carbocycles. The molecule has 6 nitrogen and oxygen atoms in total. The van der Waals surface area contributed by atoms with E-state index in [-0.39, 0.29) is 0 Å². The van der Waals surface area contributed by atoms with Gasteiger partial charge in [-0.1, -0.05) is 54.6 Å². The van der Waals surface area contributed by atoms with Crippen molar-refractivity contribution in [1.29, 1.82) is 0 Å². The second-order valence-electron chi connectivity index (χ2n) is 7.86. The first-order valence-electron chi connectivity index (χ1n) is 10.4. The summed E-state index contributed by atoms with van der Waals surface area (Å²) in [6.45, 7) is 3.81. The van der Waals surface area contributed by atoms with Crippen molar-refractivity contribution in [2.45, 2.75) is 0 Å². The van der Waals surface area contributed by atoms with E-state index in [0.717, 1.165) is 66.2 Å². The zero-order valence-electron chi connectivity index (χ0n) is 17.4. The fraction of sp³-hybridized carbons (Fsp3) is 0.200. The van der Waals surface area contributed by atoms with Crippen molar-refractivity contribution >= 4 is 23.3 Å². The molecule has 0 bridgehead atoms. The largest absolute Gasteiger partial charge is 0.338 e. The Balaban J connectivity index is 1.64. The van der Waals surface area contributed by atoms with Crippen LogP contribution in [0.3, 0.4) is 0 Å². The summed E-state index contributed by atoms with van der Waals surface area (Å²) in [4.78, 5) is 30.0. The van der Waals surface area contributed by atoms with Crippen LogP contribution in [0.5, 0.6) is 0 Å². The third-order valence-corrected chi connectivity index (χ3v) is 5.75. The third kappa shape index (κ3) is 3.90. The molecule has 1 aliphatic heterocycles. The molecule has 0 unspecified atom stereocenters. The maximum atomic E-state index is 11.1. The maximum Gasteiger partial charge on any atom is 0.227 e. The molecular formula is C25H23N5O. The van der Waals surface area contributed by atoms with Crippen LogP contribution in [0.1, 0.15) is 10.4 Å². The Bertz CT molecular complexity index is 1220. The van der Waals surface area contributed by atoms with Gasteiger partial charge in [-0.2, -0.15) is 4.98 Å². The molecule has 2 aromatic heterocycles. The lowest BCUT2D eigenvalue weighted by atomic mass is 9.98. The van der Waals surface area contributed by atoms with Gasteiger partial charge in [-0.05, 0) is 18.7 Å². The van der Waals surface area contributed by atoms with Crippen LogP contribution in [0, 0.1) is 0 Å². The molecule has 4 aromatic rings. The molecule has 1 aliphatic rings. The molecule has 6 heteroatoms. The maximum absolute atomic E-state index is 11.1. The van der Waals surface area contributed by atoms with Crippen molar-refractivity contribution < 1.29 is 4.79 Å². The number of aromatic nitrogens is 3. The van der Waals surface area contributed by atoms with E-state index in [9.17, 15) is 4.79 Å². The van der Waals surface area contributed by atoms with Crippen LogP contribution in [0.4, 0.5) is 5.95 Å². The van der Waals surface area contributed by atoms with E-state index >= 15 is 0 Å². The molecule has 0 atom stereocenters. The lowest BCUT2D eigenvalue weighted by molar-refractivity contribution is 0.112. The molecule has 31 heavy (non-hydrogen) atoms. The summed E-state index contributed by atoms with van der Waals surface area (Å²) < 4.78 is 0. The molecule has 0 saturated carbocycles. The first-order valence-corrected chi connectivity index (χ1v) is 10.4. The van der Waals surface area contributed by atoms with Crippen LogP contribution in [0.15, 0.2) is 66.9 Å². The Hall–Kier alpha value is -3.64. The molecule has 154 valence electrons. The highest BCUT2D eigenvalue weighted by Crippen LogP contribution is 2.33. The SMILES string of the molecule is CN1CCN(c2ncc3cc(-c4ccccc4)c(-c4ccc(C=O)cc4)nc3n2)CC1. The van der Waals surface area contributed by atoms with Gasteiger partial charge in [0.1, 0.15) is 6.29 Å². The van der Waals surface area contributed by atoms with Gasteiger partial charge in [0.05, 0.1) is 5.69 Å². The number of benzene rings is 2. The minimum absolute atomic E-state index is 0.644. The molecule has 0 amide bonds. The van der Waals surface area contributed by atoms with Crippen LogP contribution in [-0.4, -0.2) is 59.4 Å². The first-order chi connectivity index (χ1) is 15.2. The van der Waals surface area contributed by atoms with Crippen LogP contribution >= 0.6 is 0 Å². The average Bonchev–Trinajstić information content (AvgIpc) is 2.84. The Morgan fingerprint density at radius 1 is 0.871 bits per heavy atom. The number of anilines is 1. The van der Waals surface area contributed by atoms with Gasteiger partial charge in [-0.3, -0.25) is 4.79 Å². The molecule has 0 spiro atoms. The normalized spacial score (nSPS) is 14.7. The van der Waals surface area contributed by atoms with Crippen LogP contribution in [-0.2, 0) is 0 Å². The van der Waals surface area contributed by atoms with E-state index in [2.05, 4.69) is 40.0 Å². The predicted molar refractivity (Wildman–Crippen MR) is 123 cm³/mol.